The van der Waals surface area contributed by atoms with Gasteiger partial charge < -0.3 is 33.5 Å². The van der Waals surface area contributed by atoms with Gasteiger partial charge in [0.05, 0.1) is 48.3 Å². The predicted molar refractivity (Wildman–Crippen MR) is 162 cm³/mol. The van der Waals surface area contributed by atoms with Crippen LogP contribution in [0, 0.1) is 28.1 Å². The molecule has 0 radical (unpaired) electrons. The Balaban J connectivity index is 1.53. The standard InChI is InChI=1S/C34H54O11/c1-8-30(4,26(36)45-34-18-23-15-24(19-34)17-33(39,16-23)22-34)21-31(5,27(37)44-32(6)9-10-42-28(32)38)20-29(2,3)25(35)43-14-13-41-12-11-40-7/h23-24,39H,8-22H2,1-7H3. The number of aliphatic hydroxyl groups is 1. The second kappa shape index (κ2) is 13.1. The van der Waals surface area contributed by atoms with Crippen LogP contribution in [0.4, 0.5) is 0 Å². The van der Waals surface area contributed by atoms with E-state index in [1.165, 1.54) is 6.92 Å². The van der Waals surface area contributed by atoms with Crippen LogP contribution >= 0.6 is 0 Å². The maximum Gasteiger partial charge on any atom is 0.350 e. The lowest BCUT2D eigenvalue weighted by molar-refractivity contribution is -0.227. The predicted octanol–water partition coefficient (Wildman–Crippen LogP) is 4.30. The molecule has 0 aromatic heterocycles. The molecular weight excluding hydrogens is 584 g/mol. The Morgan fingerprint density at radius 1 is 0.889 bits per heavy atom. The number of hydrogen-bond donors (Lipinski definition) is 1. The SMILES string of the molecule is CCC(C)(CC(C)(CC(C)(C)C(=O)OCCOCCOC)C(=O)OC1(C)CCOC1=O)C(=O)OC12CC3CC(CC(O)(C3)C1)C2. The average Bonchev–Trinajstić information content (AvgIpc) is 3.25. The molecule has 1 saturated heterocycles. The molecule has 1 heterocycles. The first-order chi connectivity index (χ1) is 20.9. The molecule has 256 valence electrons. The summed E-state index contributed by atoms with van der Waals surface area (Å²) in [6, 6.07) is 0. The van der Waals surface area contributed by atoms with Crippen molar-refractivity contribution in [1.82, 2.24) is 0 Å². The third kappa shape index (κ3) is 7.84. The summed E-state index contributed by atoms with van der Waals surface area (Å²) < 4.78 is 33.2. The van der Waals surface area contributed by atoms with Gasteiger partial charge in [0.2, 0.25) is 5.60 Å². The highest BCUT2D eigenvalue weighted by molar-refractivity contribution is 5.87. The monoisotopic (exact) mass is 638 g/mol. The first kappa shape index (κ1) is 35.6. The topological polar surface area (TPSA) is 144 Å². The lowest BCUT2D eigenvalue weighted by atomic mass is 9.52. The molecule has 5 atom stereocenters. The third-order valence-corrected chi connectivity index (χ3v) is 10.7. The molecule has 4 saturated carbocycles. The Labute approximate surface area is 267 Å². The van der Waals surface area contributed by atoms with Gasteiger partial charge in [0.1, 0.15) is 12.2 Å². The van der Waals surface area contributed by atoms with E-state index in [4.69, 9.17) is 28.4 Å². The Hall–Kier alpha value is -2.24. The molecule has 1 aliphatic heterocycles. The fourth-order valence-electron chi connectivity index (χ4n) is 8.67. The maximum absolute atomic E-state index is 14.1. The number of hydrogen-bond acceptors (Lipinski definition) is 11. The van der Waals surface area contributed by atoms with Crippen molar-refractivity contribution in [1.29, 1.82) is 0 Å². The Bertz CT molecular complexity index is 1120. The number of rotatable bonds is 16. The van der Waals surface area contributed by atoms with Crippen LogP contribution < -0.4 is 0 Å². The van der Waals surface area contributed by atoms with Gasteiger partial charge in [0.25, 0.3) is 0 Å². The average molecular weight is 639 g/mol. The number of carbonyl (C=O) groups excluding carboxylic acids is 4. The van der Waals surface area contributed by atoms with Gasteiger partial charge in [-0.3, -0.25) is 14.4 Å². The van der Waals surface area contributed by atoms with Crippen LogP contribution in [0.25, 0.3) is 0 Å². The highest BCUT2D eigenvalue weighted by Gasteiger charge is 2.60. The molecule has 5 rings (SSSR count). The van der Waals surface area contributed by atoms with E-state index in [-0.39, 0.29) is 39.1 Å². The molecule has 5 unspecified atom stereocenters. The molecule has 11 heteroatoms. The fourth-order valence-corrected chi connectivity index (χ4v) is 8.67. The second-order valence-corrected chi connectivity index (χ2v) is 15.7. The van der Waals surface area contributed by atoms with Crippen LogP contribution in [0.1, 0.15) is 106 Å². The zero-order valence-corrected chi connectivity index (χ0v) is 28.3. The first-order valence-electron chi connectivity index (χ1n) is 16.5. The van der Waals surface area contributed by atoms with Crippen molar-refractivity contribution in [2.24, 2.45) is 28.1 Å². The van der Waals surface area contributed by atoms with Gasteiger partial charge in [-0.2, -0.15) is 0 Å². The van der Waals surface area contributed by atoms with Crippen LogP contribution in [0.2, 0.25) is 0 Å². The van der Waals surface area contributed by atoms with Crippen molar-refractivity contribution in [3.8, 4) is 0 Å². The second-order valence-electron chi connectivity index (χ2n) is 15.7. The summed E-state index contributed by atoms with van der Waals surface area (Å²) in [4.78, 5) is 54.0. The third-order valence-electron chi connectivity index (χ3n) is 10.7. The summed E-state index contributed by atoms with van der Waals surface area (Å²) in [6.07, 6.45) is 5.07. The molecule has 45 heavy (non-hydrogen) atoms. The summed E-state index contributed by atoms with van der Waals surface area (Å²) in [5.74, 6) is -1.59. The van der Waals surface area contributed by atoms with Crippen LogP contribution in [0.3, 0.4) is 0 Å². The van der Waals surface area contributed by atoms with Crippen molar-refractivity contribution >= 4 is 23.9 Å². The summed E-state index contributed by atoms with van der Waals surface area (Å²) in [6.45, 7) is 11.4. The van der Waals surface area contributed by atoms with Crippen LogP contribution in [-0.4, -0.2) is 85.9 Å². The van der Waals surface area contributed by atoms with Crippen LogP contribution in [0.15, 0.2) is 0 Å². The number of esters is 4. The number of carbonyl (C=O) groups is 4. The first-order valence-corrected chi connectivity index (χ1v) is 16.5. The van der Waals surface area contributed by atoms with Gasteiger partial charge in [-0.05, 0) is 97.8 Å². The smallest absolute Gasteiger partial charge is 0.350 e. The van der Waals surface area contributed by atoms with Gasteiger partial charge in [0.15, 0.2) is 0 Å². The fraction of sp³-hybridized carbons (Fsp3) is 0.882. The molecule has 0 amide bonds. The van der Waals surface area contributed by atoms with E-state index in [0.29, 0.717) is 37.9 Å². The Morgan fingerprint density at radius 2 is 1.51 bits per heavy atom. The highest BCUT2D eigenvalue weighted by atomic mass is 16.6. The van der Waals surface area contributed by atoms with E-state index in [2.05, 4.69) is 0 Å². The van der Waals surface area contributed by atoms with Crippen molar-refractivity contribution < 1.29 is 52.7 Å². The number of cyclic esters (lactones) is 1. The summed E-state index contributed by atoms with van der Waals surface area (Å²) in [5, 5.41) is 11.2. The van der Waals surface area contributed by atoms with Crippen molar-refractivity contribution in [2.75, 3.05) is 40.1 Å². The van der Waals surface area contributed by atoms with Crippen molar-refractivity contribution in [3.63, 3.8) is 0 Å². The zero-order chi connectivity index (χ0) is 33.3. The lowest BCUT2D eigenvalue weighted by Gasteiger charge is -2.59. The van der Waals surface area contributed by atoms with Gasteiger partial charge in [0, 0.05) is 20.0 Å². The van der Waals surface area contributed by atoms with Gasteiger partial charge in [-0.1, -0.05) is 6.92 Å². The Morgan fingerprint density at radius 3 is 2.07 bits per heavy atom. The van der Waals surface area contributed by atoms with E-state index >= 15 is 0 Å². The summed E-state index contributed by atoms with van der Waals surface area (Å²) in [5.41, 5.74) is -6.62. The number of ether oxygens (including phenoxy) is 6. The lowest BCUT2D eigenvalue weighted by Crippen LogP contribution is -2.61. The quantitative estimate of drug-likeness (QED) is 0.147. The molecule has 0 spiro atoms. The Kier molecular flexibility index (Phi) is 10.4. The van der Waals surface area contributed by atoms with Gasteiger partial charge in [-0.25, -0.2) is 4.79 Å². The zero-order valence-electron chi connectivity index (χ0n) is 28.3. The van der Waals surface area contributed by atoms with Gasteiger partial charge >= 0.3 is 23.9 Å². The summed E-state index contributed by atoms with van der Waals surface area (Å²) >= 11 is 0. The molecule has 1 N–H and O–H groups in total. The minimum absolute atomic E-state index is 0.00869. The minimum atomic E-state index is -1.46. The van der Waals surface area contributed by atoms with E-state index in [1.807, 2.05) is 6.92 Å². The molecule has 5 fully saturated rings. The molecule has 11 nitrogen and oxygen atoms in total. The van der Waals surface area contributed by atoms with Crippen molar-refractivity contribution in [3.05, 3.63) is 0 Å². The molecule has 4 aliphatic carbocycles. The van der Waals surface area contributed by atoms with E-state index in [0.717, 1.165) is 32.1 Å². The van der Waals surface area contributed by atoms with E-state index < -0.39 is 56.9 Å². The largest absolute Gasteiger partial charge is 0.463 e. The molecular formula is C34H54O11. The van der Waals surface area contributed by atoms with Gasteiger partial charge in [-0.15, -0.1) is 0 Å². The van der Waals surface area contributed by atoms with E-state index in [9.17, 15) is 24.3 Å². The molecule has 0 aromatic carbocycles. The highest BCUT2D eigenvalue weighted by Crippen LogP contribution is 2.59. The van der Waals surface area contributed by atoms with Crippen LogP contribution in [-0.2, 0) is 47.6 Å². The van der Waals surface area contributed by atoms with Crippen LogP contribution in [0.5, 0.6) is 0 Å². The van der Waals surface area contributed by atoms with E-state index in [1.54, 1.807) is 34.8 Å². The normalized spacial score (nSPS) is 33.2. The summed E-state index contributed by atoms with van der Waals surface area (Å²) in [7, 11) is 1.57. The molecule has 5 aliphatic rings. The minimum Gasteiger partial charge on any atom is -0.463 e. The molecule has 4 bridgehead atoms. The number of methoxy groups -OCH3 is 1. The maximum atomic E-state index is 14.1. The molecule has 0 aromatic rings. The van der Waals surface area contributed by atoms with Crippen molar-refractivity contribution in [2.45, 2.75) is 123 Å².